The van der Waals surface area contributed by atoms with Crippen LogP contribution in [0.1, 0.15) is 17.5 Å². The SMILES string of the molecule is Cc1ccc(C)c(OCCCN2CCNCC2C(N)=O)c1. The number of rotatable bonds is 6. The molecular formula is C16H25N3O2. The average Bonchev–Trinajstić information content (AvgIpc) is 2.47. The molecule has 0 aromatic heterocycles. The van der Waals surface area contributed by atoms with Crippen molar-refractivity contribution in [3.05, 3.63) is 29.3 Å². The normalized spacial score (nSPS) is 19.4. The number of hydrogen-bond donors (Lipinski definition) is 2. The lowest BCUT2D eigenvalue weighted by Crippen LogP contribution is -2.57. The molecule has 0 radical (unpaired) electrons. The highest BCUT2D eigenvalue weighted by Crippen LogP contribution is 2.19. The Morgan fingerprint density at radius 3 is 3.05 bits per heavy atom. The van der Waals surface area contributed by atoms with Crippen molar-refractivity contribution in [3.63, 3.8) is 0 Å². The second-order valence-corrected chi connectivity index (χ2v) is 5.63. The zero-order chi connectivity index (χ0) is 15.2. The Morgan fingerprint density at radius 2 is 2.29 bits per heavy atom. The molecule has 116 valence electrons. The maximum absolute atomic E-state index is 11.4. The van der Waals surface area contributed by atoms with Gasteiger partial charge in [-0.3, -0.25) is 9.69 Å². The van der Waals surface area contributed by atoms with Crippen molar-refractivity contribution in [2.75, 3.05) is 32.8 Å². The number of primary amides is 1. The van der Waals surface area contributed by atoms with Gasteiger partial charge in [-0.2, -0.15) is 0 Å². The lowest BCUT2D eigenvalue weighted by Gasteiger charge is -2.34. The molecule has 1 heterocycles. The first-order valence-electron chi connectivity index (χ1n) is 7.52. The number of piperazine rings is 1. The van der Waals surface area contributed by atoms with Crippen LogP contribution in [0, 0.1) is 13.8 Å². The van der Waals surface area contributed by atoms with Gasteiger partial charge in [0.05, 0.1) is 6.61 Å². The van der Waals surface area contributed by atoms with Crippen LogP contribution in [0.2, 0.25) is 0 Å². The van der Waals surface area contributed by atoms with E-state index in [1.807, 2.05) is 6.92 Å². The van der Waals surface area contributed by atoms with Gasteiger partial charge in [0.2, 0.25) is 5.91 Å². The maximum Gasteiger partial charge on any atom is 0.236 e. The van der Waals surface area contributed by atoms with Crippen LogP contribution >= 0.6 is 0 Å². The second-order valence-electron chi connectivity index (χ2n) is 5.63. The molecule has 5 nitrogen and oxygen atoms in total. The fourth-order valence-corrected chi connectivity index (χ4v) is 2.61. The third-order valence-corrected chi connectivity index (χ3v) is 3.87. The van der Waals surface area contributed by atoms with Crippen LogP contribution in [0.25, 0.3) is 0 Å². The fraction of sp³-hybridized carbons (Fsp3) is 0.562. The number of ether oxygens (including phenoxy) is 1. The molecule has 1 atom stereocenters. The average molecular weight is 291 g/mol. The molecule has 0 aliphatic carbocycles. The highest BCUT2D eigenvalue weighted by molar-refractivity contribution is 5.80. The minimum Gasteiger partial charge on any atom is -0.493 e. The van der Waals surface area contributed by atoms with Gasteiger partial charge in [0.15, 0.2) is 0 Å². The van der Waals surface area contributed by atoms with Crippen LogP contribution in [0.15, 0.2) is 18.2 Å². The van der Waals surface area contributed by atoms with E-state index in [2.05, 4.69) is 35.3 Å². The summed E-state index contributed by atoms with van der Waals surface area (Å²) in [5.41, 5.74) is 7.79. The zero-order valence-electron chi connectivity index (χ0n) is 12.9. The van der Waals surface area contributed by atoms with Gasteiger partial charge in [0, 0.05) is 26.2 Å². The number of hydrogen-bond acceptors (Lipinski definition) is 4. The van der Waals surface area contributed by atoms with Crippen LogP contribution in [0.4, 0.5) is 0 Å². The zero-order valence-corrected chi connectivity index (χ0v) is 12.9. The molecule has 1 aromatic rings. The summed E-state index contributed by atoms with van der Waals surface area (Å²) in [5.74, 6) is 0.694. The molecule has 1 aliphatic rings. The van der Waals surface area contributed by atoms with Crippen molar-refractivity contribution < 1.29 is 9.53 Å². The molecule has 1 unspecified atom stereocenters. The van der Waals surface area contributed by atoms with Gasteiger partial charge in [-0.25, -0.2) is 0 Å². The van der Waals surface area contributed by atoms with Crippen molar-refractivity contribution in [3.8, 4) is 5.75 Å². The summed E-state index contributed by atoms with van der Waals surface area (Å²) in [7, 11) is 0. The molecule has 1 amide bonds. The first kappa shape index (κ1) is 15.8. The molecule has 21 heavy (non-hydrogen) atoms. The van der Waals surface area contributed by atoms with E-state index in [1.54, 1.807) is 0 Å². The predicted octanol–water partition coefficient (Wildman–Crippen LogP) is 0.831. The highest BCUT2D eigenvalue weighted by atomic mass is 16.5. The van der Waals surface area contributed by atoms with Gasteiger partial charge in [0.25, 0.3) is 0 Å². The molecule has 2 rings (SSSR count). The summed E-state index contributed by atoms with van der Waals surface area (Å²) in [6, 6.07) is 6.02. The van der Waals surface area contributed by atoms with Crippen molar-refractivity contribution in [2.24, 2.45) is 5.73 Å². The Hall–Kier alpha value is -1.59. The number of nitrogens with zero attached hydrogens (tertiary/aromatic N) is 1. The van der Waals surface area contributed by atoms with Crippen LogP contribution in [0.5, 0.6) is 5.75 Å². The predicted molar refractivity (Wildman–Crippen MR) is 83.5 cm³/mol. The van der Waals surface area contributed by atoms with Crippen molar-refractivity contribution in [2.45, 2.75) is 26.3 Å². The lowest BCUT2D eigenvalue weighted by molar-refractivity contribution is -0.123. The lowest BCUT2D eigenvalue weighted by atomic mass is 10.1. The molecular weight excluding hydrogens is 266 g/mol. The summed E-state index contributed by atoms with van der Waals surface area (Å²) < 4.78 is 5.85. The van der Waals surface area contributed by atoms with E-state index in [4.69, 9.17) is 10.5 Å². The summed E-state index contributed by atoms with van der Waals surface area (Å²) >= 11 is 0. The highest BCUT2D eigenvalue weighted by Gasteiger charge is 2.25. The Balaban J connectivity index is 1.78. The topological polar surface area (TPSA) is 67.6 Å². The van der Waals surface area contributed by atoms with Crippen molar-refractivity contribution in [1.29, 1.82) is 0 Å². The number of carbonyl (C=O) groups excluding carboxylic acids is 1. The first-order valence-corrected chi connectivity index (χ1v) is 7.52. The number of carbonyl (C=O) groups is 1. The van der Waals surface area contributed by atoms with Crippen LogP contribution in [-0.2, 0) is 4.79 Å². The standard InChI is InChI=1S/C16H25N3O2/c1-12-4-5-13(2)15(10-12)21-9-3-7-19-8-6-18-11-14(19)16(17)20/h4-5,10,14,18H,3,6-9,11H2,1-2H3,(H2,17,20). The molecule has 1 fully saturated rings. The summed E-state index contributed by atoms with van der Waals surface area (Å²) in [6.45, 7) is 8.00. The number of benzene rings is 1. The van der Waals surface area contributed by atoms with E-state index >= 15 is 0 Å². The van der Waals surface area contributed by atoms with Crippen LogP contribution < -0.4 is 15.8 Å². The Labute approximate surface area is 126 Å². The summed E-state index contributed by atoms with van der Waals surface area (Å²) in [6.07, 6.45) is 0.886. The van der Waals surface area contributed by atoms with Crippen molar-refractivity contribution in [1.82, 2.24) is 10.2 Å². The van der Waals surface area contributed by atoms with Gasteiger partial charge < -0.3 is 15.8 Å². The minimum atomic E-state index is -0.252. The van der Waals surface area contributed by atoms with E-state index in [-0.39, 0.29) is 11.9 Å². The Morgan fingerprint density at radius 1 is 1.48 bits per heavy atom. The molecule has 1 aromatic carbocycles. The minimum absolute atomic E-state index is 0.195. The number of nitrogens with two attached hydrogens (primary N) is 1. The van der Waals surface area contributed by atoms with Gasteiger partial charge in [-0.15, -0.1) is 0 Å². The van der Waals surface area contributed by atoms with Crippen molar-refractivity contribution >= 4 is 5.91 Å². The number of aryl methyl sites for hydroxylation is 2. The van der Waals surface area contributed by atoms with E-state index in [9.17, 15) is 4.79 Å². The fourth-order valence-electron chi connectivity index (χ4n) is 2.61. The largest absolute Gasteiger partial charge is 0.493 e. The molecule has 0 saturated carbocycles. The second kappa shape index (κ2) is 7.43. The quantitative estimate of drug-likeness (QED) is 0.762. The van der Waals surface area contributed by atoms with E-state index in [1.165, 1.54) is 5.56 Å². The summed E-state index contributed by atoms with van der Waals surface area (Å²) in [5, 5.41) is 3.20. The third-order valence-electron chi connectivity index (χ3n) is 3.87. The molecule has 5 heteroatoms. The first-order chi connectivity index (χ1) is 10.1. The maximum atomic E-state index is 11.4. The van der Waals surface area contributed by atoms with Gasteiger partial charge in [-0.05, 0) is 37.5 Å². The van der Waals surface area contributed by atoms with E-state index < -0.39 is 0 Å². The molecule has 3 N–H and O–H groups in total. The van der Waals surface area contributed by atoms with Gasteiger partial charge in [-0.1, -0.05) is 12.1 Å². The van der Waals surface area contributed by atoms with Gasteiger partial charge in [0.1, 0.15) is 11.8 Å². The van der Waals surface area contributed by atoms with Crippen LogP contribution in [-0.4, -0.2) is 49.6 Å². The third kappa shape index (κ3) is 4.44. The van der Waals surface area contributed by atoms with E-state index in [0.717, 1.165) is 37.4 Å². The Bertz CT molecular complexity index is 490. The molecule has 1 aliphatic heterocycles. The monoisotopic (exact) mass is 291 g/mol. The number of nitrogens with one attached hydrogen (secondary N) is 1. The molecule has 0 bridgehead atoms. The molecule has 0 spiro atoms. The molecule has 1 saturated heterocycles. The van der Waals surface area contributed by atoms with Gasteiger partial charge >= 0.3 is 0 Å². The smallest absolute Gasteiger partial charge is 0.236 e. The number of amides is 1. The van der Waals surface area contributed by atoms with E-state index in [0.29, 0.717) is 13.2 Å². The summed E-state index contributed by atoms with van der Waals surface area (Å²) in [4.78, 5) is 13.6. The Kier molecular flexibility index (Phi) is 5.59. The van der Waals surface area contributed by atoms with Crippen LogP contribution in [0.3, 0.4) is 0 Å².